The average molecular weight is 194 g/mol. The molecule has 2 aromatic rings. The smallest absolute Gasteiger partial charge is 0.151 e. The minimum Gasteiger partial charge on any atom is -0.238 e. The van der Waals surface area contributed by atoms with E-state index >= 15 is 0 Å². The molecule has 0 radical (unpaired) electrons. The van der Waals surface area contributed by atoms with Gasteiger partial charge in [0.2, 0.25) is 0 Å². The molecule has 0 saturated heterocycles. The van der Waals surface area contributed by atoms with E-state index in [0.29, 0.717) is 0 Å². The van der Waals surface area contributed by atoms with Crippen molar-refractivity contribution in [3.05, 3.63) is 47.8 Å². The highest BCUT2D eigenvalue weighted by molar-refractivity contribution is 5.33. The standard InChI is InChI=1S/C10H8F2N2/c1-7-4-5-14(13-7)10-3-2-8(11)6-9(10)12/h2-6H,1H3. The van der Waals surface area contributed by atoms with Gasteiger partial charge in [0.25, 0.3) is 0 Å². The Bertz CT molecular complexity index is 463. The quantitative estimate of drug-likeness (QED) is 0.681. The molecule has 2 nitrogen and oxygen atoms in total. The van der Waals surface area contributed by atoms with Crippen LogP contribution in [0.25, 0.3) is 5.69 Å². The minimum atomic E-state index is -0.617. The third-order valence-corrected chi connectivity index (χ3v) is 1.88. The summed E-state index contributed by atoms with van der Waals surface area (Å²) < 4.78 is 27.2. The number of hydrogen-bond acceptors (Lipinski definition) is 1. The number of nitrogens with zero attached hydrogens (tertiary/aromatic N) is 2. The first-order valence-corrected chi connectivity index (χ1v) is 4.14. The fourth-order valence-corrected chi connectivity index (χ4v) is 1.22. The zero-order valence-electron chi connectivity index (χ0n) is 7.54. The van der Waals surface area contributed by atoms with Crippen LogP contribution < -0.4 is 0 Å². The summed E-state index contributed by atoms with van der Waals surface area (Å²) in [5, 5.41) is 4.03. The summed E-state index contributed by atoms with van der Waals surface area (Å²) in [6.45, 7) is 1.80. The van der Waals surface area contributed by atoms with E-state index in [4.69, 9.17) is 0 Å². The lowest BCUT2D eigenvalue weighted by molar-refractivity contribution is 0.573. The van der Waals surface area contributed by atoms with E-state index in [2.05, 4.69) is 5.10 Å². The van der Waals surface area contributed by atoms with Crippen LogP contribution in [0.2, 0.25) is 0 Å². The number of aryl methyl sites for hydroxylation is 1. The van der Waals surface area contributed by atoms with Gasteiger partial charge in [-0.15, -0.1) is 0 Å². The monoisotopic (exact) mass is 194 g/mol. The molecule has 0 saturated carbocycles. The maximum absolute atomic E-state index is 13.2. The average Bonchev–Trinajstić information content (AvgIpc) is 2.51. The fourth-order valence-electron chi connectivity index (χ4n) is 1.22. The summed E-state index contributed by atoms with van der Waals surface area (Å²) in [5.74, 6) is -1.21. The molecule has 2 rings (SSSR count). The molecule has 0 N–H and O–H groups in total. The van der Waals surface area contributed by atoms with Crippen molar-refractivity contribution in [3.8, 4) is 5.69 Å². The van der Waals surface area contributed by atoms with Crippen LogP contribution in [0.4, 0.5) is 8.78 Å². The molecular formula is C10H8F2N2. The minimum absolute atomic E-state index is 0.250. The van der Waals surface area contributed by atoms with Gasteiger partial charge in [-0.05, 0) is 25.1 Å². The predicted octanol–water partition coefficient (Wildman–Crippen LogP) is 2.46. The lowest BCUT2D eigenvalue weighted by Crippen LogP contribution is -1.98. The SMILES string of the molecule is Cc1ccn(-c2ccc(F)cc2F)n1. The molecule has 1 aromatic heterocycles. The van der Waals surface area contributed by atoms with Gasteiger partial charge in [-0.3, -0.25) is 0 Å². The first kappa shape index (κ1) is 8.87. The van der Waals surface area contributed by atoms with Gasteiger partial charge >= 0.3 is 0 Å². The Kier molecular flexibility index (Phi) is 2.04. The van der Waals surface area contributed by atoms with Crippen molar-refractivity contribution in [1.29, 1.82) is 0 Å². The van der Waals surface area contributed by atoms with Crippen LogP contribution in [0.15, 0.2) is 30.5 Å². The van der Waals surface area contributed by atoms with Gasteiger partial charge in [-0.2, -0.15) is 5.10 Å². The fraction of sp³-hybridized carbons (Fsp3) is 0.100. The molecule has 0 aliphatic heterocycles. The summed E-state index contributed by atoms with van der Waals surface area (Å²) in [7, 11) is 0. The van der Waals surface area contributed by atoms with E-state index in [1.54, 1.807) is 19.2 Å². The van der Waals surface area contributed by atoms with Crippen LogP contribution in [0.3, 0.4) is 0 Å². The molecule has 0 unspecified atom stereocenters. The van der Waals surface area contributed by atoms with Gasteiger partial charge in [0.1, 0.15) is 11.5 Å². The molecule has 0 aliphatic rings. The van der Waals surface area contributed by atoms with Crippen molar-refractivity contribution in [2.24, 2.45) is 0 Å². The van der Waals surface area contributed by atoms with Crippen LogP contribution in [0, 0.1) is 18.6 Å². The first-order chi connectivity index (χ1) is 6.66. The van der Waals surface area contributed by atoms with Gasteiger partial charge in [0.05, 0.1) is 5.69 Å². The largest absolute Gasteiger partial charge is 0.238 e. The van der Waals surface area contributed by atoms with Crippen molar-refractivity contribution < 1.29 is 8.78 Å². The van der Waals surface area contributed by atoms with E-state index in [0.717, 1.165) is 11.8 Å². The molecule has 4 heteroatoms. The van der Waals surface area contributed by atoms with Gasteiger partial charge in [0, 0.05) is 12.3 Å². The van der Waals surface area contributed by atoms with Crippen LogP contribution in [0.5, 0.6) is 0 Å². The normalized spacial score (nSPS) is 10.5. The summed E-state index contributed by atoms with van der Waals surface area (Å²) >= 11 is 0. The maximum atomic E-state index is 13.2. The molecular weight excluding hydrogens is 186 g/mol. The zero-order valence-corrected chi connectivity index (χ0v) is 7.54. The van der Waals surface area contributed by atoms with Gasteiger partial charge in [-0.25, -0.2) is 13.5 Å². The Balaban J connectivity index is 2.52. The van der Waals surface area contributed by atoms with Crippen LogP contribution in [0.1, 0.15) is 5.69 Å². The Labute approximate surface area is 79.8 Å². The molecule has 0 aliphatic carbocycles. The second kappa shape index (κ2) is 3.21. The van der Waals surface area contributed by atoms with Crippen LogP contribution in [-0.4, -0.2) is 9.78 Å². The molecule has 0 bridgehead atoms. The van der Waals surface area contributed by atoms with E-state index < -0.39 is 11.6 Å². The Morgan fingerprint density at radius 2 is 2.00 bits per heavy atom. The van der Waals surface area contributed by atoms with E-state index in [1.165, 1.54) is 16.8 Å². The van der Waals surface area contributed by atoms with Crippen LogP contribution in [-0.2, 0) is 0 Å². The molecule has 72 valence electrons. The van der Waals surface area contributed by atoms with E-state index in [1.807, 2.05) is 0 Å². The zero-order chi connectivity index (χ0) is 10.1. The van der Waals surface area contributed by atoms with Crippen molar-refractivity contribution in [3.63, 3.8) is 0 Å². The summed E-state index contributed by atoms with van der Waals surface area (Å²) in [4.78, 5) is 0. The maximum Gasteiger partial charge on any atom is 0.151 e. The van der Waals surface area contributed by atoms with Crippen molar-refractivity contribution >= 4 is 0 Å². The van der Waals surface area contributed by atoms with Gasteiger partial charge < -0.3 is 0 Å². The molecule has 0 amide bonds. The third-order valence-electron chi connectivity index (χ3n) is 1.88. The Morgan fingerprint density at radius 3 is 2.57 bits per heavy atom. The van der Waals surface area contributed by atoms with Crippen LogP contribution >= 0.6 is 0 Å². The second-order valence-electron chi connectivity index (χ2n) is 3.00. The molecule has 1 aromatic carbocycles. The second-order valence-corrected chi connectivity index (χ2v) is 3.00. The van der Waals surface area contributed by atoms with Crippen molar-refractivity contribution in [2.45, 2.75) is 6.92 Å². The van der Waals surface area contributed by atoms with Gasteiger partial charge in [-0.1, -0.05) is 0 Å². The lowest BCUT2D eigenvalue weighted by atomic mass is 10.3. The first-order valence-electron chi connectivity index (χ1n) is 4.14. The highest BCUT2D eigenvalue weighted by Gasteiger charge is 2.05. The van der Waals surface area contributed by atoms with E-state index in [-0.39, 0.29) is 5.69 Å². The topological polar surface area (TPSA) is 17.8 Å². The van der Waals surface area contributed by atoms with E-state index in [9.17, 15) is 8.78 Å². The number of halogens is 2. The molecule has 1 heterocycles. The van der Waals surface area contributed by atoms with Gasteiger partial charge in [0.15, 0.2) is 5.82 Å². The highest BCUT2D eigenvalue weighted by Crippen LogP contribution is 2.13. The number of benzene rings is 1. The molecule has 0 fully saturated rings. The number of rotatable bonds is 1. The predicted molar refractivity (Wildman–Crippen MR) is 48.2 cm³/mol. The van der Waals surface area contributed by atoms with Crippen molar-refractivity contribution in [2.75, 3.05) is 0 Å². The van der Waals surface area contributed by atoms with Crippen molar-refractivity contribution in [1.82, 2.24) is 9.78 Å². The Hall–Kier alpha value is -1.71. The lowest BCUT2D eigenvalue weighted by Gasteiger charge is -2.02. The molecule has 14 heavy (non-hydrogen) atoms. The summed E-state index contributed by atoms with van der Waals surface area (Å²) in [6.07, 6.45) is 1.63. The Morgan fingerprint density at radius 1 is 1.21 bits per heavy atom. The molecule has 0 atom stereocenters. The number of hydrogen-bond donors (Lipinski definition) is 0. The summed E-state index contributed by atoms with van der Waals surface area (Å²) in [6, 6.07) is 5.15. The summed E-state index contributed by atoms with van der Waals surface area (Å²) in [5.41, 5.74) is 1.04. The highest BCUT2D eigenvalue weighted by atomic mass is 19.1. The number of aromatic nitrogens is 2. The third kappa shape index (κ3) is 1.51. The molecule has 0 spiro atoms.